The van der Waals surface area contributed by atoms with Gasteiger partial charge in [0.15, 0.2) is 0 Å². The Morgan fingerprint density at radius 1 is 1.25 bits per heavy atom. The molecule has 2 aromatic rings. The lowest BCUT2D eigenvalue weighted by molar-refractivity contribution is -0.277. The largest absolute Gasteiger partial charge is 0.460 e. The van der Waals surface area contributed by atoms with Crippen molar-refractivity contribution in [3.05, 3.63) is 41.4 Å². The van der Waals surface area contributed by atoms with E-state index in [0.29, 0.717) is 11.5 Å². The molecule has 2 fully saturated rings. The van der Waals surface area contributed by atoms with Gasteiger partial charge in [-0.05, 0) is 42.4 Å². The Hall–Kier alpha value is -1.79. The minimum atomic E-state index is -1.58. The molecule has 5 N–H and O–H groups in total. The van der Waals surface area contributed by atoms with Crippen LogP contribution in [0.3, 0.4) is 0 Å². The van der Waals surface area contributed by atoms with E-state index < -0.39 is 42.9 Å². The zero-order valence-corrected chi connectivity index (χ0v) is 18.3. The normalized spacial score (nSPS) is 31.2. The summed E-state index contributed by atoms with van der Waals surface area (Å²) in [6, 6.07) is 4.85. The van der Waals surface area contributed by atoms with E-state index in [1.807, 2.05) is 6.92 Å². The van der Waals surface area contributed by atoms with Crippen molar-refractivity contribution in [1.29, 1.82) is 0 Å². The van der Waals surface area contributed by atoms with Crippen molar-refractivity contribution < 1.29 is 35.0 Å². The Balaban J connectivity index is 1.63. The van der Waals surface area contributed by atoms with Crippen LogP contribution in [0.25, 0.3) is 0 Å². The van der Waals surface area contributed by atoms with Crippen molar-refractivity contribution >= 4 is 11.6 Å². The minimum absolute atomic E-state index is 0.0898. The van der Waals surface area contributed by atoms with Gasteiger partial charge in [0.2, 0.25) is 6.29 Å². The van der Waals surface area contributed by atoms with Crippen LogP contribution in [-0.2, 0) is 16.9 Å². The van der Waals surface area contributed by atoms with Gasteiger partial charge in [0.05, 0.1) is 18.2 Å². The number of aliphatic hydroxyl groups excluding tert-OH is 4. The van der Waals surface area contributed by atoms with E-state index in [0.717, 1.165) is 12.8 Å². The average molecular weight is 470 g/mol. The number of hydrogen-bond acceptors (Lipinski definition) is 9. The predicted molar refractivity (Wildman–Crippen MR) is 112 cm³/mol. The third kappa shape index (κ3) is 4.49. The summed E-state index contributed by atoms with van der Waals surface area (Å²) in [5, 5.41) is 55.8. The highest BCUT2D eigenvalue weighted by atomic mass is 35.5. The third-order valence-electron chi connectivity index (χ3n) is 6.47. The molecule has 1 saturated heterocycles. The van der Waals surface area contributed by atoms with Gasteiger partial charge in [0.1, 0.15) is 48.4 Å². The van der Waals surface area contributed by atoms with Gasteiger partial charge < -0.3 is 35.0 Å². The van der Waals surface area contributed by atoms with Crippen molar-refractivity contribution in [3.8, 4) is 5.75 Å². The molecule has 176 valence electrons. The van der Waals surface area contributed by atoms with Crippen molar-refractivity contribution in [3.63, 3.8) is 0 Å². The second kappa shape index (κ2) is 9.22. The molecule has 1 saturated carbocycles. The maximum Gasteiger partial charge on any atom is 0.229 e. The predicted octanol–water partition coefficient (Wildman–Crippen LogP) is 0.0441. The molecule has 1 aliphatic carbocycles. The molecular weight excluding hydrogens is 442 g/mol. The fourth-order valence-corrected chi connectivity index (χ4v) is 4.36. The van der Waals surface area contributed by atoms with Crippen LogP contribution < -0.4 is 4.74 Å². The molecular formula is C21H28ClN3O7. The zero-order valence-electron chi connectivity index (χ0n) is 17.5. The minimum Gasteiger partial charge on any atom is -0.460 e. The van der Waals surface area contributed by atoms with Gasteiger partial charge in [0, 0.05) is 0 Å². The maximum atomic E-state index is 11.8. The number of ether oxygens (including phenoxy) is 2. The molecule has 0 radical (unpaired) electrons. The van der Waals surface area contributed by atoms with E-state index in [4.69, 9.17) is 21.1 Å². The van der Waals surface area contributed by atoms with Gasteiger partial charge in [-0.15, -0.1) is 0 Å². The number of aromatic nitrogens is 3. The second-order valence-corrected chi connectivity index (χ2v) is 9.01. The van der Waals surface area contributed by atoms with Crippen molar-refractivity contribution in [2.24, 2.45) is 11.8 Å². The van der Waals surface area contributed by atoms with E-state index in [2.05, 4.69) is 10.1 Å². The zero-order chi connectivity index (χ0) is 23.0. The van der Waals surface area contributed by atoms with Crippen LogP contribution in [0.2, 0.25) is 5.02 Å². The van der Waals surface area contributed by atoms with Crippen LogP contribution in [0.1, 0.15) is 25.3 Å². The summed E-state index contributed by atoms with van der Waals surface area (Å²) in [5.41, 5.74) is -0.760. The number of halogens is 1. The molecule has 0 spiro atoms. The lowest BCUT2D eigenvalue weighted by Gasteiger charge is -2.40. The summed E-state index contributed by atoms with van der Waals surface area (Å²) in [7, 11) is 0. The molecule has 1 aromatic carbocycles. The first kappa shape index (κ1) is 23.4. The third-order valence-corrected chi connectivity index (χ3v) is 6.79. The molecule has 2 unspecified atom stereocenters. The Labute approximate surface area is 190 Å². The lowest BCUT2D eigenvalue weighted by Crippen LogP contribution is -2.60. The standard InChI is InChI=1S/C21H28ClN3O7/c1-11(12-2-3-12)21(30,8-25-10-23-9-24-25)13-4-5-14(22)15(6-13)31-20-19(29)18(28)17(27)16(7-26)32-20/h4-6,9-12,16-20,26-30H,2-3,7-8H2,1H3/t11?,16-,17-,18+,19-,20-,21?/m1/s1. The van der Waals surface area contributed by atoms with Crippen LogP contribution in [0.5, 0.6) is 5.75 Å². The van der Waals surface area contributed by atoms with Crippen molar-refractivity contribution in [1.82, 2.24) is 14.8 Å². The van der Waals surface area contributed by atoms with Gasteiger partial charge in [-0.1, -0.05) is 24.6 Å². The summed E-state index contributed by atoms with van der Waals surface area (Å²) < 4.78 is 12.7. The van der Waals surface area contributed by atoms with Gasteiger partial charge in [-0.25, -0.2) is 9.67 Å². The monoisotopic (exact) mass is 469 g/mol. The second-order valence-electron chi connectivity index (χ2n) is 8.60. The highest BCUT2D eigenvalue weighted by Crippen LogP contribution is 2.47. The first-order valence-corrected chi connectivity index (χ1v) is 10.9. The van der Waals surface area contributed by atoms with E-state index in [-0.39, 0.29) is 23.2 Å². The molecule has 2 heterocycles. The SMILES string of the molecule is CC(C1CC1)C(O)(Cn1cncn1)c1ccc(Cl)c(O[C@@H]2O[C@H](CO)[C@@H](O)[C@H](O)[C@H]2O)c1. The molecule has 11 heteroatoms. The summed E-state index contributed by atoms with van der Waals surface area (Å²) in [5.74, 6) is 0.399. The first-order valence-electron chi connectivity index (χ1n) is 10.6. The Morgan fingerprint density at radius 3 is 2.62 bits per heavy atom. The Bertz CT molecular complexity index is 911. The fraction of sp³-hybridized carbons (Fsp3) is 0.619. The number of rotatable bonds is 8. The van der Waals surface area contributed by atoms with E-state index in [1.54, 1.807) is 22.9 Å². The fourth-order valence-electron chi connectivity index (χ4n) is 4.20. The van der Waals surface area contributed by atoms with E-state index in [1.165, 1.54) is 12.7 Å². The quantitative estimate of drug-likeness (QED) is 0.361. The topological polar surface area (TPSA) is 150 Å². The number of nitrogens with zero attached hydrogens (tertiary/aromatic N) is 3. The maximum absolute atomic E-state index is 11.8. The number of hydrogen-bond donors (Lipinski definition) is 5. The summed E-state index contributed by atoms with van der Waals surface area (Å²) in [4.78, 5) is 3.95. The van der Waals surface area contributed by atoms with Gasteiger partial charge in [-0.3, -0.25) is 0 Å². The first-order chi connectivity index (χ1) is 15.2. The molecule has 4 rings (SSSR count). The molecule has 32 heavy (non-hydrogen) atoms. The van der Waals surface area contributed by atoms with Crippen LogP contribution >= 0.6 is 11.6 Å². The smallest absolute Gasteiger partial charge is 0.229 e. The molecule has 0 amide bonds. The molecule has 1 aromatic heterocycles. The van der Waals surface area contributed by atoms with Crippen molar-refractivity contribution in [2.75, 3.05) is 6.61 Å². The van der Waals surface area contributed by atoms with Gasteiger partial charge in [-0.2, -0.15) is 5.10 Å². The van der Waals surface area contributed by atoms with Crippen LogP contribution in [0.4, 0.5) is 0 Å². The molecule has 10 nitrogen and oxygen atoms in total. The van der Waals surface area contributed by atoms with Gasteiger partial charge in [0.25, 0.3) is 0 Å². The average Bonchev–Trinajstić information content (AvgIpc) is 3.51. The Morgan fingerprint density at radius 2 is 2.00 bits per heavy atom. The van der Waals surface area contributed by atoms with Crippen LogP contribution in [0, 0.1) is 11.8 Å². The molecule has 7 atom stereocenters. The summed E-state index contributed by atoms with van der Waals surface area (Å²) in [6.07, 6.45) is -2.15. The summed E-state index contributed by atoms with van der Waals surface area (Å²) in [6.45, 7) is 1.59. The van der Waals surface area contributed by atoms with Crippen LogP contribution in [-0.4, -0.2) is 77.6 Å². The van der Waals surface area contributed by atoms with Crippen LogP contribution in [0.15, 0.2) is 30.9 Å². The van der Waals surface area contributed by atoms with E-state index >= 15 is 0 Å². The Kier molecular flexibility index (Phi) is 6.73. The molecule has 1 aliphatic heterocycles. The molecule has 0 bridgehead atoms. The highest BCUT2D eigenvalue weighted by Gasteiger charge is 2.46. The van der Waals surface area contributed by atoms with Gasteiger partial charge >= 0.3 is 0 Å². The number of benzene rings is 1. The lowest BCUT2D eigenvalue weighted by atomic mass is 9.79. The highest BCUT2D eigenvalue weighted by molar-refractivity contribution is 6.32. The number of aliphatic hydroxyl groups is 5. The van der Waals surface area contributed by atoms with E-state index in [9.17, 15) is 25.5 Å². The molecule has 2 aliphatic rings. The summed E-state index contributed by atoms with van der Waals surface area (Å²) >= 11 is 6.31. The van der Waals surface area contributed by atoms with Crippen molar-refractivity contribution in [2.45, 2.75) is 62.6 Å².